The third-order valence-corrected chi connectivity index (χ3v) is 3.01. The van der Waals surface area contributed by atoms with Gasteiger partial charge in [0.2, 0.25) is 0 Å². The summed E-state index contributed by atoms with van der Waals surface area (Å²) in [5.74, 6) is 1.77. The Kier molecular flexibility index (Phi) is 4.75. The number of benzene rings is 1. The molecule has 0 amide bonds. The lowest BCUT2D eigenvalue weighted by Gasteiger charge is -2.25. The van der Waals surface area contributed by atoms with E-state index >= 15 is 0 Å². The van der Waals surface area contributed by atoms with Gasteiger partial charge in [-0.05, 0) is 20.8 Å². The molecule has 0 unspecified atom stereocenters. The van der Waals surface area contributed by atoms with E-state index in [-0.39, 0.29) is 5.60 Å². The number of nitrogens with two attached hydrogens (primary N) is 1. The van der Waals surface area contributed by atoms with Gasteiger partial charge < -0.3 is 15.8 Å². The molecule has 5 heteroatoms. The average molecular weight is 286 g/mol. The van der Waals surface area contributed by atoms with Crippen LogP contribution in [-0.2, 0) is 4.74 Å². The van der Waals surface area contributed by atoms with Crippen LogP contribution in [-0.4, -0.2) is 28.7 Å². The topological polar surface area (TPSA) is 73.1 Å². The zero-order chi connectivity index (χ0) is 15.3. The van der Waals surface area contributed by atoms with Gasteiger partial charge in [0.25, 0.3) is 0 Å². The van der Waals surface area contributed by atoms with Gasteiger partial charge in [-0.15, -0.1) is 0 Å². The van der Waals surface area contributed by atoms with E-state index in [9.17, 15) is 0 Å². The fraction of sp³-hybridized carbons (Fsp3) is 0.375. The van der Waals surface area contributed by atoms with Gasteiger partial charge in [0.15, 0.2) is 5.82 Å². The normalized spacial score (nSPS) is 11.4. The van der Waals surface area contributed by atoms with Crippen molar-refractivity contribution in [1.82, 2.24) is 9.97 Å². The van der Waals surface area contributed by atoms with Crippen molar-refractivity contribution in [2.24, 2.45) is 0 Å². The highest BCUT2D eigenvalue weighted by atomic mass is 16.5. The number of ether oxygens (including phenoxy) is 1. The summed E-state index contributed by atoms with van der Waals surface area (Å²) >= 11 is 0. The zero-order valence-corrected chi connectivity index (χ0v) is 12.8. The maximum atomic E-state index is 5.87. The van der Waals surface area contributed by atoms with Gasteiger partial charge in [-0.25, -0.2) is 9.97 Å². The van der Waals surface area contributed by atoms with Crippen molar-refractivity contribution in [3.05, 3.63) is 36.4 Å². The predicted molar refractivity (Wildman–Crippen MR) is 86.1 cm³/mol. The summed E-state index contributed by atoms with van der Waals surface area (Å²) in [5, 5.41) is 3.26. The monoisotopic (exact) mass is 286 g/mol. The standard InChI is InChI=1S/C16H22N4O/c1-4-21-16(2,3)11-18-14-10-13(17)19-15(20-14)12-8-6-5-7-9-12/h5-10H,4,11H2,1-3H3,(H3,17,18,19,20). The molecular weight excluding hydrogens is 264 g/mol. The number of anilines is 2. The van der Waals surface area contributed by atoms with E-state index in [1.165, 1.54) is 0 Å². The molecule has 1 heterocycles. The molecule has 2 rings (SSSR count). The van der Waals surface area contributed by atoms with Crippen LogP contribution in [0.1, 0.15) is 20.8 Å². The lowest BCUT2D eigenvalue weighted by molar-refractivity contribution is 0.000642. The van der Waals surface area contributed by atoms with Crippen molar-refractivity contribution in [1.29, 1.82) is 0 Å². The number of nitrogens with one attached hydrogen (secondary N) is 1. The number of aromatic nitrogens is 2. The average Bonchev–Trinajstić information content (AvgIpc) is 2.46. The highest BCUT2D eigenvalue weighted by molar-refractivity contribution is 5.60. The summed E-state index contributed by atoms with van der Waals surface area (Å²) in [6.45, 7) is 7.37. The largest absolute Gasteiger partial charge is 0.384 e. The fourth-order valence-corrected chi connectivity index (χ4v) is 2.02. The Morgan fingerprint density at radius 3 is 2.57 bits per heavy atom. The smallest absolute Gasteiger partial charge is 0.163 e. The summed E-state index contributed by atoms with van der Waals surface area (Å²) in [5.41, 5.74) is 6.55. The fourth-order valence-electron chi connectivity index (χ4n) is 2.02. The van der Waals surface area contributed by atoms with E-state index in [0.717, 1.165) is 5.56 Å². The van der Waals surface area contributed by atoms with E-state index < -0.39 is 0 Å². The van der Waals surface area contributed by atoms with Crippen LogP contribution < -0.4 is 11.1 Å². The molecule has 0 saturated heterocycles. The molecule has 0 aliphatic heterocycles. The SMILES string of the molecule is CCOC(C)(C)CNc1cc(N)nc(-c2ccccc2)n1. The van der Waals surface area contributed by atoms with Crippen LogP contribution in [0.15, 0.2) is 36.4 Å². The van der Waals surface area contributed by atoms with Gasteiger partial charge in [-0.2, -0.15) is 0 Å². The van der Waals surface area contributed by atoms with Crippen molar-refractivity contribution in [2.45, 2.75) is 26.4 Å². The summed E-state index contributed by atoms with van der Waals surface area (Å²) in [6, 6.07) is 11.5. The minimum atomic E-state index is -0.263. The zero-order valence-electron chi connectivity index (χ0n) is 12.8. The van der Waals surface area contributed by atoms with Crippen LogP contribution >= 0.6 is 0 Å². The Hall–Kier alpha value is -2.14. The van der Waals surface area contributed by atoms with Crippen molar-refractivity contribution >= 4 is 11.6 Å². The van der Waals surface area contributed by atoms with Crippen LogP contribution in [0, 0.1) is 0 Å². The van der Waals surface area contributed by atoms with Gasteiger partial charge >= 0.3 is 0 Å². The summed E-state index contributed by atoms with van der Waals surface area (Å²) in [4.78, 5) is 8.79. The van der Waals surface area contributed by atoms with E-state index in [4.69, 9.17) is 10.5 Å². The van der Waals surface area contributed by atoms with Crippen molar-refractivity contribution in [3.8, 4) is 11.4 Å². The van der Waals surface area contributed by atoms with Gasteiger partial charge in [0, 0.05) is 24.8 Å². The molecule has 21 heavy (non-hydrogen) atoms. The van der Waals surface area contributed by atoms with Gasteiger partial charge in [0.1, 0.15) is 11.6 Å². The molecule has 0 bridgehead atoms. The molecule has 1 aromatic heterocycles. The Balaban J connectivity index is 2.16. The van der Waals surface area contributed by atoms with Crippen LogP contribution in [0.4, 0.5) is 11.6 Å². The molecule has 0 fully saturated rings. The molecule has 0 aliphatic carbocycles. The minimum Gasteiger partial charge on any atom is -0.384 e. The van der Waals surface area contributed by atoms with E-state index in [1.54, 1.807) is 6.07 Å². The minimum absolute atomic E-state index is 0.263. The summed E-state index contributed by atoms with van der Waals surface area (Å²) in [6.07, 6.45) is 0. The molecule has 0 atom stereocenters. The predicted octanol–water partition coefficient (Wildman–Crippen LogP) is 2.95. The van der Waals surface area contributed by atoms with E-state index in [0.29, 0.717) is 30.6 Å². The lowest BCUT2D eigenvalue weighted by Crippen LogP contribution is -2.33. The Labute approximate surface area is 125 Å². The third-order valence-electron chi connectivity index (χ3n) is 3.01. The molecule has 112 valence electrons. The maximum Gasteiger partial charge on any atom is 0.163 e. The first-order valence-electron chi connectivity index (χ1n) is 7.08. The van der Waals surface area contributed by atoms with Crippen molar-refractivity contribution in [2.75, 3.05) is 24.2 Å². The first kappa shape index (κ1) is 15.3. The van der Waals surface area contributed by atoms with E-state index in [2.05, 4.69) is 15.3 Å². The molecule has 0 radical (unpaired) electrons. The quantitative estimate of drug-likeness (QED) is 0.854. The molecule has 1 aromatic carbocycles. The van der Waals surface area contributed by atoms with Crippen LogP contribution in [0.2, 0.25) is 0 Å². The Morgan fingerprint density at radius 2 is 1.90 bits per heavy atom. The van der Waals surface area contributed by atoms with Crippen molar-refractivity contribution < 1.29 is 4.74 Å². The van der Waals surface area contributed by atoms with Gasteiger partial charge in [-0.3, -0.25) is 0 Å². The highest BCUT2D eigenvalue weighted by Crippen LogP contribution is 2.19. The third kappa shape index (κ3) is 4.43. The van der Waals surface area contributed by atoms with Crippen molar-refractivity contribution in [3.63, 3.8) is 0 Å². The van der Waals surface area contributed by atoms with Crippen LogP contribution in [0.5, 0.6) is 0 Å². The summed E-state index contributed by atoms with van der Waals surface area (Å²) in [7, 11) is 0. The first-order valence-corrected chi connectivity index (χ1v) is 7.08. The number of hydrogen-bond acceptors (Lipinski definition) is 5. The first-order chi connectivity index (χ1) is 10.00. The second-order valence-corrected chi connectivity index (χ2v) is 5.41. The number of hydrogen-bond donors (Lipinski definition) is 2. The second-order valence-electron chi connectivity index (χ2n) is 5.41. The summed E-state index contributed by atoms with van der Waals surface area (Å²) < 4.78 is 5.66. The molecule has 0 aliphatic rings. The van der Waals surface area contributed by atoms with Crippen LogP contribution in [0.25, 0.3) is 11.4 Å². The molecular formula is C16H22N4O. The highest BCUT2D eigenvalue weighted by Gasteiger charge is 2.17. The number of nitrogens with zero attached hydrogens (tertiary/aromatic N) is 2. The maximum absolute atomic E-state index is 5.87. The molecule has 0 saturated carbocycles. The number of nitrogen functional groups attached to an aromatic ring is 1. The lowest BCUT2D eigenvalue weighted by atomic mass is 10.1. The Morgan fingerprint density at radius 1 is 1.19 bits per heavy atom. The second kappa shape index (κ2) is 6.54. The number of rotatable bonds is 6. The van der Waals surface area contributed by atoms with E-state index in [1.807, 2.05) is 51.1 Å². The van der Waals surface area contributed by atoms with Crippen LogP contribution in [0.3, 0.4) is 0 Å². The van der Waals surface area contributed by atoms with Gasteiger partial charge in [-0.1, -0.05) is 30.3 Å². The molecule has 2 aromatic rings. The molecule has 0 spiro atoms. The van der Waals surface area contributed by atoms with Gasteiger partial charge in [0.05, 0.1) is 5.60 Å². The Bertz CT molecular complexity index is 584. The molecule has 5 nitrogen and oxygen atoms in total. The molecule has 3 N–H and O–H groups in total.